The molecule has 6 heteroatoms. The molecule has 0 aromatic heterocycles. The predicted octanol–water partition coefficient (Wildman–Crippen LogP) is 4.92. The lowest BCUT2D eigenvalue weighted by Crippen LogP contribution is -2.15. The molecule has 0 spiro atoms. The van der Waals surface area contributed by atoms with E-state index in [1.807, 2.05) is 18.2 Å². The highest BCUT2D eigenvalue weighted by Crippen LogP contribution is 2.32. The lowest BCUT2D eigenvalue weighted by Gasteiger charge is -2.23. The Morgan fingerprint density at radius 1 is 0.906 bits per heavy atom. The van der Waals surface area contributed by atoms with Crippen LogP contribution < -0.4 is 20.5 Å². The van der Waals surface area contributed by atoms with Gasteiger partial charge in [0.1, 0.15) is 18.1 Å². The molecule has 0 atom stereocenters. The minimum Gasteiger partial charge on any atom is -0.496 e. The predicted molar refractivity (Wildman–Crippen MR) is 125 cm³/mol. The van der Waals surface area contributed by atoms with Crippen LogP contribution in [-0.2, 0) is 12.0 Å². The van der Waals surface area contributed by atoms with Crippen LogP contribution in [-0.4, -0.2) is 18.9 Å². The van der Waals surface area contributed by atoms with Crippen LogP contribution in [0.25, 0.3) is 0 Å². The molecule has 0 aliphatic rings. The van der Waals surface area contributed by atoms with Crippen molar-refractivity contribution in [1.82, 2.24) is 0 Å². The first-order chi connectivity index (χ1) is 15.2. The number of rotatable bonds is 7. The van der Waals surface area contributed by atoms with E-state index < -0.39 is 5.91 Å². The lowest BCUT2D eigenvalue weighted by molar-refractivity contribution is 0.0998. The third kappa shape index (κ3) is 5.46. The van der Waals surface area contributed by atoms with E-state index in [0.29, 0.717) is 22.6 Å². The van der Waals surface area contributed by atoms with Gasteiger partial charge in [0.15, 0.2) is 0 Å². The van der Waals surface area contributed by atoms with E-state index in [9.17, 15) is 9.59 Å². The van der Waals surface area contributed by atoms with E-state index in [4.69, 9.17) is 15.2 Å². The third-order valence-electron chi connectivity index (χ3n) is 5.05. The Bertz CT molecular complexity index is 1120. The van der Waals surface area contributed by atoms with E-state index in [2.05, 4.69) is 32.2 Å². The Morgan fingerprint density at radius 2 is 1.56 bits per heavy atom. The molecule has 0 radical (unpaired) electrons. The number of benzene rings is 3. The minimum absolute atomic E-state index is 0.0630. The summed E-state index contributed by atoms with van der Waals surface area (Å²) in [4.78, 5) is 24.0. The van der Waals surface area contributed by atoms with Crippen molar-refractivity contribution in [3.63, 3.8) is 0 Å². The van der Waals surface area contributed by atoms with Crippen molar-refractivity contribution in [2.24, 2.45) is 5.73 Å². The quantitative estimate of drug-likeness (QED) is 0.554. The highest BCUT2D eigenvalue weighted by atomic mass is 16.5. The molecule has 6 nitrogen and oxygen atoms in total. The first kappa shape index (κ1) is 22.9. The molecule has 3 rings (SSSR count). The van der Waals surface area contributed by atoms with E-state index in [0.717, 1.165) is 16.9 Å². The Hall–Kier alpha value is -3.80. The molecule has 0 bridgehead atoms. The fraction of sp³-hybridized carbons (Fsp3) is 0.231. The molecule has 32 heavy (non-hydrogen) atoms. The van der Waals surface area contributed by atoms with Gasteiger partial charge in [-0.1, -0.05) is 39.0 Å². The second-order valence-corrected chi connectivity index (χ2v) is 8.46. The number of nitrogens with two attached hydrogens (primary N) is 1. The third-order valence-corrected chi connectivity index (χ3v) is 5.05. The van der Waals surface area contributed by atoms with Gasteiger partial charge < -0.3 is 20.5 Å². The summed E-state index contributed by atoms with van der Waals surface area (Å²) < 4.78 is 11.6. The summed E-state index contributed by atoms with van der Waals surface area (Å²) in [5.41, 5.74) is 8.46. The van der Waals surface area contributed by atoms with E-state index in [1.54, 1.807) is 49.6 Å². The summed E-state index contributed by atoms with van der Waals surface area (Å²) in [6, 6.07) is 19.5. The van der Waals surface area contributed by atoms with Crippen LogP contribution >= 0.6 is 0 Å². The normalized spacial score (nSPS) is 11.0. The summed E-state index contributed by atoms with van der Waals surface area (Å²) in [6.07, 6.45) is 0. The number of hydrogen-bond donors (Lipinski definition) is 2. The van der Waals surface area contributed by atoms with Gasteiger partial charge >= 0.3 is 0 Å². The average Bonchev–Trinajstić information content (AvgIpc) is 2.77. The highest BCUT2D eigenvalue weighted by molar-refractivity contribution is 6.04. The molecule has 3 aromatic carbocycles. The number of anilines is 1. The van der Waals surface area contributed by atoms with E-state index in [1.165, 1.54) is 0 Å². The smallest absolute Gasteiger partial charge is 0.255 e. The fourth-order valence-corrected chi connectivity index (χ4v) is 3.32. The first-order valence-corrected chi connectivity index (χ1v) is 10.3. The molecule has 3 N–H and O–H groups in total. The van der Waals surface area contributed by atoms with Crippen LogP contribution in [0.4, 0.5) is 5.69 Å². The van der Waals surface area contributed by atoms with Crippen molar-refractivity contribution in [1.29, 1.82) is 0 Å². The zero-order valence-electron chi connectivity index (χ0n) is 18.8. The maximum absolute atomic E-state index is 12.8. The van der Waals surface area contributed by atoms with Crippen molar-refractivity contribution in [3.05, 3.63) is 89.0 Å². The second-order valence-electron chi connectivity index (χ2n) is 8.46. The summed E-state index contributed by atoms with van der Waals surface area (Å²) in [6.45, 7) is 6.66. The van der Waals surface area contributed by atoms with Crippen LogP contribution in [0.1, 0.15) is 52.6 Å². The van der Waals surface area contributed by atoms with Gasteiger partial charge in [-0.05, 0) is 59.5 Å². The molecule has 2 amide bonds. The molecule has 0 heterocycles. The van der Waals surface area contributed by atoms with Crippen LogP contribution in [0.15, 0.2) is 66.7 Å². The molecule has 0 aliphatic carbocycles. The zero-order chi connectivity index (χ0) is 23.3. The fourth-order valence-electron chi connectivity index (χ4n) is 3.32. The monoisotopic (exact) mass is 432 g/mol. The Labute approximate surface area is 188 Å². The van der Waals surface area contributed by atoms with Gasteiger partial charge in [-0.15, -0.1) is 0 Å². The van der Waals surface area contributed by atoms with Crippen LogP contribution in [0.3, 0.4) is 0 Å². The maximum Gasteiger partial charge on any atom is 0.255 e. The summed E-state index contributed by atoms with van der Waals surface area (Å²) in [5.74, 6) is 0.638. The standard InChI is InChI=1S/C26H28N2O4/c1-26(2,3)21-7-5-6-8-23(21)32-16-19-15-18(11-14-22(19)31-4)25(30)28-20-12-9-17(10-13-20)24(27)29/h5-15H,16H2,1-4H3,(H2,27,29)(H,28,30). The van der Waals surface area contributed by atoms with Gasteiger partial charge in [0.2, 0.25) is 5.91 Å². The molecule has 3 aromatic rings. The minimum atomic E-state index is -0.518. The molecule has 0 saturated carbocycles. The number of carbonyl (C=O) groups excluding carboxylic acids is 2. The zero-order valence-corrected chi connectivity index (χ0v) is 18.8. The van der Waals surface area contributed by atoms with Gasteiger partial charge in [-0.2, -0.15) is 0 Å². The van der Waals surface area contributed by atoms with Crippen LogP contribution in [0.5, 0.6) is 11.5 Å². The van der Waals surface area contributed by atoms with Gasteiger partial charge in [0.25, 0.3) is 5.91 Å². The van der Waals surface area contributed by atoms with Crippen LogP contribution in [0, 0.1) is 0 Å². The Morgan fingerprint density at radius 3 is 2.19 bits per heavy atom. The van der Waals surface area contributed by atoms with Gasteiger partial charge in [-0.3, -0.25) is 9.59 Å². The molecule has 0 fully saturated rings. The molecular weight excluding hydrogens is 404 g/mol. The molecular formula is C26H28N2O4. The Kier molecular flexibility index (Phi) is 6.83. The molecule has 0 aliphatic heterocycles. The van der Waals surface area contributed by atoms with E-state index in [-0.39, 0.29) is 17.9 Å². The second kappa shape index (κ2) is 9.56. The van der Waals surface area contributed by atoms with Crippen molar-refractivity contribution >= 4 is 17.5 Å². The first-order valence-electron chi connectivity index (χ1n) is 10.3. The number of ether oxygens (including phenoxy) is 2. The lowest BCUT2D eigenvalue weighted by atomic mass is 9.86. The number of amides is 2. The molecule has 0 unspecified atom stereocenters. The average molecular weight is 433 g/mol. The largest absolute Gasteiger partial charge is 0.496 e. The van der Waals surface area contributed by atoms with Gasteiger partial charge in [0.05, 0.1) is 7.11 Å². The maximum atomic E-state index is 12.8. The summed E-state index contributed by atoms with van der Waals surface area (Å²) >= 11 is 0. The summed E-state index contributed by atoms with van der Waals surface area (Å²) in [7, 11) is 1.59. The number of primary amides is 1. The van der Waals surface area contributed by atoms with E-state index >= 15 is 0 Å². The van der Waals surface area contributed by atoms with Crippen molar-refractivity contribution < 1.29 is 19.1 Å². The van der Waals surface area contributed by atoms with Crippen LogP contribution in [0.2, 0.25) is 0 Å². The summed E-state index contributed by atoms with van der Waals surface area (Å²) in [5, 5.41) is 2.82. The van der Waals surface area contributed by atoms with Crippen molar-refractivity contribution in [2.45, 2.75) is 32.8 Å². The number of methoxy groups -OCH3 is 1. The number of nitrogens with one attached hydrogen (secondary N) is 1. The number of para-hydroxylation sites is 1. The Balaban J connectivity index is 1.78. The molecule has 166 valence electrons. The topological polar surface area (TPSA) is 90.6 Å². The highest BCUT2D eigenvalue weighted by Gasteiger charge is 2.19. The SMILES string of the molecule is COc1ccc(C(=O)Nc2ccc(C(N)=O)cc2)cc1COc1ccccc1C(C)(C)C. The molecule has 0 saturated heterocycles. The van der Waals surface area contributed by atoms with Crippen molar-refractivity contribution in [3.8, 4) is 11.5 Å². The number of hydrogen-bond acceptors (Lipinski definition) is 4. The van der Waals surface area contributed by atoms with Gasteiger partial charge in [0, 0.05) is 22.4 Å². The number of carbonyl (C=O) groups is 2. The van der Waals surface area contributed by atoms with Gasteiger partial charge in [-0.25, -0.2) is 0 Å². The van der Waals surface area contributed by atoms with Crippen molar-refractivity contribution in [2.75, 3.05) is 12.4 Å².